The summed E-state index contributed by atoms with van der Waals surface area (Å²) in [4.78, 5) is 0. The Labute approximate surface area is 134 Å². The van der Waals surface area contributed by atoms with Crippen molar-refractivity contribution in [2.24, 2.45) is 17.3 Å². The van der Waals surface area contributed by atoms with Gasteiger partial charge in [0.25, 0.3) is 0 Å². The largest absolute Gasteiger partial charge is 0.488 e. The van der Waals surface area contributed by atoms with Gasteiger partial charge in [-0.1, -0.05) is 20.8 Å². The molecule has 0 bridgehead atoms. The van der Waals surface area contributed by atoms with E-state index in [2.05, 4.69) is 42.8 Å². The summed E-state index contributed by atoms with van der Waals surface area (Å²) in [5, 5.41) is 9.34. The van der Waals surface area contributed by atoms with Crippen LogP contribution in [0.25, 0.3) is 0 Å². The lowest BCUT2D eigenvalue weighted by Gasteiger charge is -2.39. The maximum atomic E-state index is 13.1. The molecule has 0 spiro atoms. The average Bonchev–Trinajstić information content (AvgIpc) is 2.41. The molecule has 0 saturated heterocycles. The molecule has 0 radical (unpaired) electrons. The van der Waals surface area contributed by atoms with E-state index in [1.54, 1.807) is 6.07 Å². The predicted octanol–water partition coefficient (Wildman–Crippen LogP) is 5.32. The predicted molar refractivity (Wildman–Crippen MR) is 84.4 cm³/mol. The molecule has 2 nitrogen and oxygen atoms in total. The van der Waals surface area contributed by atoms with Crippen LogP contribution in [0.1, 0.15) is 40.0 Å². The van der Waals surface area contributed by atoms with Gasteiger partial charge >= 0.3 is 0 Å². The van der Waals surface area contributed by atoms with Crippen LogP contribution in [0.4, 0.5) is 4.39 Å². The second kappa shape index (κ2) is 6.36. The number of rotatable bonds is 2. The lowest BCUT2D eigenvalue weighted by atomic mass is 9.69. The SMILES string of the molecule is CC(C)(C)C1CCC(C#N)C(Oc2ccc(F)cc2Br)C1. The summed E-state index contributed by atoms with van der Waals surface area (Å²) in [6.45, 7) is 6.69. The third-order valence-corrected chi connectivity index (χ3v) is 4.97. The number of halogens is 2. The molecule has 1 fully saturated rings. The smallest absolute Gasteiger partial charge is 0.134 e. The number of benzene rings is 1. The molecule has 3 atom stereocenters. The van der Waals surface area contributed by atoms with E-state index in [9.17, 15) is 9.65 Å². The average molecular weight is 354 g/mol. The van der Waals surface area contributed by atoms with Gasteiger partial charge in [0.1, 0.15) is 17.7 Å². The highest BCUT2D eigenvalue weighted by Gasteiger charge is 2.37. The topological polar surface area (TPSA) is 33.0 Å². The Hall–Kier alpha value is -1.08. The van der Waals surface area contributed by atoms with Gasteiger partial charge in [-0.3, -0.25) is 0 Å². The van der Waals surface area contributed by atoms with Crippen molar-refractivity contribution in [1.29, 1.82) is 5.26 Å². The summed E-state index contributed by atoms with van der Waals surface area (Å²) in [5.74, 6) is 0.741. The third kappa shape index (κ3) is 3.97. The molecule has 114 valence electrons. The quantitative estimate of drug-likeness (QED) is 0.720. The first-order valence-corrected chi connectivity index (χ1v) is 8.12. The molecule has 1 saturated carbocycles. The van der Waals surface area contributed by atoms with Crippen molar-refractivity contribution in [3.05, 3.63) is 28.5 Å². The summed E-state index contributed by atoms with van der Waals surface area (Å²) in [6.07, 6.45) is 2.66. The van der Waals surface area contributed by atoms with E-state index >= 15 is 0 Å². The summed E-state index contributed by atoms with van der Waals surface area (Å²) in [6, 6.07) is 6.75. The zero-order valence-electron chi connectivity index (χ0n) is 12.7. The van der Waals surface area contributed by atoms with E-state index in [4.69, 9.17) is 4.74 Å². The fraction of sp³-hybridized carbons (Fsp3) is 0.588. The Morgan fingerprint density at radius 3 is 2.62 bits per heavy atom. The van der Waals surface area contributed by atoms with Gasteiger partial charge in [0, 0.05) is 0 Å². The van der Waals surface area contributed by atoms with Gasteiger partial charge in [-0.2, -0.15) is 5.26 Å². The van der Waals surface area contributed by atoms with Crippen LogP contribution in [-0.2, 0) is 0 Å². The molecule has 1 aliphatic rings. The Kier molecular flexibility index (Phi) is 4.93. The highest BCUT2D eigenvalue weighted by molar-refractivity contribution is 9.10. The molecule has 1 aliphatic carbocycles. The third-order valence-electron chi connectivity index (χ3n) is 4.35. The molecule has 0 aromatic heterocycles. The fourth-order valence-corrected chi connectivity index (χ4v) is 3.37. The van der Waals surface area contributed by atoms with Crippen molar-refractivity contribution in [1.82, 2.24) is 0 Å². The van der Waals surface area contributed by atoms with Crippen LogP contribution >= 0.6 is 15.9 Å². The van der Waals surface area contributed by atoms with E-state index in [0.717, 1.165) is 19.3 Å². The second-order valence-corrected chi connectivity index (χ2v) is 7.70. The molecule has 1 aromatic rings. The van der Waals surface area contributed by atoms with Crippen LogP contribution in [0.5, 0.6) is 5.75 Å². The molecule has 0 amide bonds. The van der Waals surface area contributed by atoms with Crippen LogP contribution in [0, 0.1) is 34.4 Å². The molecule has 0 heterocycles. The van der Waals surface area contributed by atoms with Gasteiger partial charge in [0.05, 0.1) is 16.5 Å². The van der Waals surface area contributed by atoms with Crippen molar-refractivity contribution >= 4 is 15.9 Å². The van der Waals surface area contributed by atoms with Crippen LogP contribution in [-0.4, -0.2) is 6.10 Å². The van der Waals surface area contributed by atoms with Crippen LogP contribution in [0.15, 0.2) is 22.7 Å². The van der Waals surface area contributed by atoms with Crippen LogP contribution in [0.3, 0.4) is 0 Å². The molecule has 3 unspecified atom stereocenters. The highest BCUT2D eigenvalue weighted by atomic mass is 79.9. The van der Waals surface area contributed by atoms with Crippen molar-refractivity contribution < 1.29 is 9.13 Å². The van der Waals surface area contributed by atoms with Gasteiger partial charge in [0.2, 0.25) is 0 Å². The van der Waals surface area contributed by atoms with Crippen molar-refractivity contribution in [3.8, 4) is 11.8 Å². The van der Waals surface area contributed by atoms with Gasteiger partial charge in [0.15, 0.2) is 0 Å². The number of nitriles is 1. The molecular formula is C17H21BrFNO. The number of ether oxygens (including phenoxy) is 1. The Morgan fingerprint density at radius 2 is 2.05 bits per heavy atom. The minimum absolute atomic E-state index is 0.0967. The van der Waals surface area contributed by atoms with Gasteiger partial charge in [-0.05, 0) is 64.7 Å². The molecule has 0 aliphatic heterocycles. The van der Waals surface area contributed by atoms with Gasteiger partial charge < -0.3 is 4.74 Å². The Bertz CT molecular complexity index is 547. The summed E-state index contributed by atoms with van der Waals surface area (Å²) >= 11 is 3.32. The molecule has 2 rings (SSSR count). The van der Waals surface area contributed by atoms with Crippen molar-refractivity contribution in [2.75, 3.05) is 0 Å². The molecule has 4 heteroatoms. The summed E-state index contributed by atoms with van der Waals surface area (Å²) < 4.78 is 19.8. The fourth-order valence-electron chi connectivity index (χ4n) is 2.93. The minimum Gasteiger partial charge on any atom is -0.488 e. The first-order valence-electron chi connectivity index (χ1n) is 7.32. The monoisotopic (exact) mass is 353 g/mol. The normalized spacial score (nSPS) is 26.2. The maximum absolute atomic E-state index is 13.1. The first kappa shape index (κ1) is 16.3. The number of nitrogens with zero attached hydrogens (tertiary/aromatic N) is 1. The minimum atomic E-state index is -0.303. The van der Waals surface area contributed by atoms with Crippen LogP contribution < -0.4 is 4.74 Å². The zero-order valence-corrected chi connectivity index (χ0v) is 14.3. The maximum Gasteiger partial charge on any atom is 0.134 e. The van der Waals surface area contributed by atoms with Gasteiger partial charge in [-0.15, -0.1) is 0 Å². The molecule has 21 heavy (non-hydrogen) atoms. The number of hydrogen-bond donors (Lipinski definition) is 0. The molecule has 1 aromatic carbocycles. The lowest BCUT2D eigenvalue weighted by Crippen LogP contribution is -2.38. The standard InChI is InChI=1S/C17H21BrFNO/c1-17(2,3)12-5-4-11(10-20)16(8-12)21-15-7-6-13(19)9-14(15)18/h6-7,9,11-12,16H,4-5,8H2,1-3H3. The number of hydrogen-bond acceptors (Lipinski definition) is 2. The lowest BCUT2D eigenvalue weighted by molar-refractivity contribution is 0.0488. The summed E-state index contributed by atoms with van der Waals surface area (Å²) in [7, 11) is 0. The van der Waals surface area contributed by atoms with E-state index in [1.807, 2.05) is 0 Å². The Morgan fingerprint density at radius 1 is 1.33 bits per heavy atom. The van der Waals surface area contributed by atoms with Crippen molar-refractivity contribution in [3.63, 3.8) is 0 Å². The second-order valence-electron chi connectivity index (χ2n) is 6.84. The summed E-state index contributed by atoms with van der Waals surface area (Å²) in [5.41, 5.74) is 0.210. The van der Waals surface area contributed by atoms with E-state index in [0.29, 0.717) is 16.1 Å². The Balaban J connectivity index is 2.16. The first-order chi connectivity index (χ1) is 9.81. The van der Waals surface area contributed by atoms with Crippen LogP contribution in [0.2, 0.25) is 0 Å². The molecule has 0 N–H and O–H groups in total. The van der Waals surface area contributed by atoms with Crippen molar-refractivity contribution in [2.45, 2.75) is 46.1 Å². The van der Waals surface area contributed by atoms with E-state index < -0.39 is 0 Å². The highest BCUT2D eigenvalue weighted by Crippen LogP contribution is 2.41. The molecular weight excluding hydrogens is 333 g/mol. The van der Waals surface area contributed by atoms with Gasteiger partial charge in [-0.25, -0.2) is 4.39 Å². The zero-order chi connectivity index (χ0) is 15.6. The van der Waals surface area contributed by atoms with E-state index in [1.165, 1.54) is 12.1 Å². The van der Waals surface area contributed by atoms with E-state index in [-0.39, 0.29) is 23.3 Å².